The first-order valence-electron chi connectivity index (χ1n) is 15.0. The number of carbonyl (C=O) groups excluding carboxylic acids is 3. The van der Waals surface area contributed by atoms with Crippen molar-refractivity contribution >= 4 is 31.9 Å². The van der Waals surface area contributed by atoms with Gasteiger partial charge in [0.2, 0.25) is 14.2 Å². The van der Waals surface area contributed by atoms with E-state index in [1.165, 1.54) is 0 Å². The predicted molar refractivity (Wildman–Crippen MR) is 168 cm³/mol. The Morgan fingerprint density at radius 1 is 0.833 bits per heavy atom. The molecule has 42 heavy (non-hydrogen) atoms. The summed E-state index contributed by atoms with van der Waals surface area (Å²) in [4.78, 5) is 45.7. The zero-order chi connectivity index (χ0) is 30.9. The third kappa shape index (κ3) is 7.17. The van der Waals surface area contributed by atoms with E-state index in [9.17, 15) is 14.4 Å². The molecule has 0 aliphatic carbocycles. The molecular weight excluding hydrogens is 546 g/mol. The van der Waals surface area contributed by atoms with Gasteiger partial charge in [0.25, 0.3) is 5.91 Å². The third-order valence-corrected chi connectivity index (χ3v) is 13.0. The molecule has 0 saturated carbocycles. The van der Waals surface area contributed by atoms with Gasteiger partial charge in [0.15, 0.2) is 0 Å². The molecule has 2 aromatic carbocycles. The van der Waals surface area contributed by atoms with Crippen molar-refractivity contribution in [1.29, 1.82) is 0 Å². The first-order chi connectivity index (χ1) is 19.6. The maximum atomic E-state index is 14.1. The second kappa shape index (κ2) is 12.1. The number of anilines is 1. The molecule has 1 unspecified atom stereocenters. The molecule has 0 aromatic heterocycles. The van der Waals surface area contributed by atoms with Crippen LogP contribution in [-0.2, 0) is 14.3 Å². The van der Waals surface area contributed by atoms with Gasteiger partial charge in [-0.1, -0.05) is 51.1 Å². The number of likely N-dealkylation sites (tertiary alicyclic amines) is 1. The molecule has 1 atom stereocenters. The summed E-state index contributed by atoms with van der Waals surface area (Å²) in [7, 11) is -1.98. The average molecular weight is 594 g/mol. The minimum Gasteiger partial charge on any atom is -0.544 e. The lowest BCUT2D eigenvalue weighted by atomic mass is 9.92. The maximum absolute atomic E-state index is 14.1. The van der Waals surface area contributed by atoms with Gasteiger partial charge in [-0.15, -0.1) is 0 Å². The summed E-state index contributed by atoms with van der Waals surface area (Å²) in [6, 6.07) is 16.6. The summed E-state index contributed by atoms with van der Waals surface area (Å²) in [5, 5.41) is 0.0831. The number of benzene rings is 2. The summed E-state index contributed by atoms with van der Waals surface area (Å²) in [5.41, 5.74) is 1.02. The smallest absolute Gasteiger partial charge is 0.410 e. The van der Waals surface area contributed by atoms with Crippen molar-refractivity contribution < 1.29 is 23.5 Å². The lowest BCUT2D eigenvalue weighted by Crippen LogP contribution is -2.56. The summed E-state index contributed by atoms with van der Waals surface area (Å²) in [5.74, 6) is 0.411. The van der Waals surface area contributed by atoms with Gasteiger partial charge in [0, 0.05) is 37.8 Å². The minimum absolute atomic E-state index is 0.0289. The van der Waals surface area contributed by atoms with Gasteiger partial charge in [-0.05, 0) is 81.6 Å². The van der Waals surface area contributed by atoms with E-state index in [0.717, 1.165) is 17.0 Å². The van der Waals surface area contributed by atoms with E-state index >= 15 is 0 Å². The number of carbonyl (C=O) groups is 3. The van der Waals surface area contributed by atoms with E-state index < -0.39 is 20.0 Å². The van der Waals surface area contributed by atoms with Crippen LogP contribution in [0.5, 0.6) is 5.75 Å². The van der Waals surface area contributed by atoms with Crippen LogP contribution < -0.4 is 9.33 Å². The summed E-state index contributed by atoms with van der Waals surface area (Å²) >= 11 is 0. The molecule has 0 bridgehead atoms. The number of hydrogen-bond acceptors (Lipinski definition) is 5. The highest BCUT2D eigenvalue weighted by atomic mass is 28.4. The first kappa shape index (κ1) is 31.6. The SMILES string of the molecule is CC(C)(C)OC(=O)N1CCC(C(=O)N2CCN(c3ccc(O[Si](C)(C)C(C)(C)C)cc3)C(=O)C2c2ccccc2)CC1. The topological polar surface area (TPSA) is 79.4 Å². The molecule has 228 valence electrons. The fraction of sp³-hybridized carbons (Fsp3) is 0.545. The van der Waals surface area contributed by atoms with Crippen molar-refractivity contribution in [3.63, 3.8) is 0 Å². The van der Waals surface area contributed by atoms with Crippen LogP contribution in [0.3, 0.4) is 0 Å². The number of amides is 3. The van der Waals surface area contributed by atoms with Crippen LogP contribution in [0.4, 0.5) is 10.5 Å². The summed E-state index contributed by atoms with van der Waals surface area (Å²) in [6.07, 6.45) is 0.743. The Balaban J connectivity index is 1.49. The van der Waals surface area contributed by atoms with Crippen molar-refractivity contribution in [2.45, 2.75) is 84.2 Å². The monoisotopic (exact) mass is 593 g/mol. The summed E-state index contributed by atoms with van der Waals surface area (Å²) in [6.45, 7) is 18.3. The largest absolute Gasteiger partial charge is 0.544 e. The van der Waals surface area contributed by atoms with Crippen LogP contribution >= 0.6 is 0 Å². The van der Waals surface area contributed by atoms with Gasteiger partial charge >= 0.3 is 6.09 Å². The number of ether oxygens (including phenoxy) is 1. The Hall–Kier alpha value is -3.33. The van der Waals surface area contributed by atoms with Crippen LogP contribution in [0.2, 0.25) is 18.1 Å². The molecule has 2 fully saturated rings. The first-order valence-corrected chi connectivity index (χ1v) is 17.9. The van der Waals surface area contributed by atoms with E-state index in [2.05, 4.69) is 33.9 Å². The van der Waals surface area contributed by atoms with Crippen molar-refractivity contribution in [2.75, 3.05) is 31.1 Å². The molecule has 3 amide bonds. The summed E-state index contributed by atoms with van der Waals surface area (Å²) < 4.78 is 12.0. The highest BCUT2D eigenvalue weighted by molar-refractivity contribution is 6.74. The zero-order valence-electron chi connectivity index (χ0n) is 26.5. The van der Waals surface area contributed by atoms with E-state index in [1.807, 2.05) is 75.4 Å². The van der Waals surface area contributed by atoms with Crippen molar-refractivity contribution in [2.24, 2.45) is 5.92 Å². The van der Waals surface area contributed by atoms with E-state index in [0.29, 0.717) is 39.0 Å². The van der Waals surface area contributed by atoms with Crippen molar-refractivity contribution in [3.05, 3.63) is 60.2 Å². The second-order valence-corrected chi connectivity index (χ2v) is 18.7. The Labute approximate surface area is 252 Å². The molecule has 2 aromatic rings. The van der Waals surface area contributed by atoms with Crippen LogP contribution in [0.1, 0.15) is 66.0 Å². The Kier molecular flexibility index (Phi) is 9.11. The molecule has 0 spiro atoms. The average Bonchev–Trinajstić information content (AvgIpc) is 2.92. The highest BCUT2D eigenvalue weighted by Gasteiger charge is 2.42. The molecule has 2 aliphatic rings. The Bertz CT molecular complexity index is 1260. The van der Waals surface area contributed by atoms with Gasteiger partial charge in [-0.2, -0.15) is 0 Å². The lowest BCUT2D eigenvalue weighted by molar-refractivity contribution is -0.146. The maximum Gasteiger partial charge on any atom is 0.410 e. The number of nitrogens with zero attached hydrogens (tertiary/aromatic N) is 3. The van der Waals surface area contributed by atoms with Gasteiger partial charge in [-0.25, -0.2) is 4.79 Å². The molecule has 8 nitrogen and oxygen atoms in total. The number of piperazine rings is 1. The normalized spacial score (nSPS) is 19.1. The zero-order valence-corrected chi connectivity index (χ0v) is 27.5. The highest BCUT2D eigenvalue weighted by Crippen LogP contribution is 2.38. The standard InChI is InChI=1S/C33H47N3O5Si/c1-32(2,3)40-31(39)34-20-18-25(19-21-34)29(37)36-23-22-35(30(38)28(36)24-12-10-9-11-13-24)26-14-16-27(17-15-26)41-42(7,8)33(4,5)6/h9-17,25,28H,18-23H2,1-8H3. The molecule has 4 rings (SSSR count). The number of rotatable bonds is 5. The fourth-order valence-corrected chi connectivity index (χ4v) is 6.22. The minimum atomic E-state index is -1.98. The molecule has 2 aliphatic heterocycles. The quantitative estimate of drug-likeness (QED) is 0.364. The van der Waals surface area contributed by atoms with Gasteiger partial charge in [0.1, 0.15) is 17.4 Å². The molecule has 2 saturated heterocycles. The second-order valence-electron chi connectivity index (χ2n) is 13.9. The van der Waals surface area contributed by atoms with Crippen LogP contribution in [0, 0.1) is 5.92 Å². The van der Waals surface area contributed by atoms with Crippen LogP contribution in [-0.4, -0.2) is 67.8 Å². The molecule has 0 N–H and O–H groups in total. The van der Waals surface area contributed by atoms with E-state index in [4.69, 9.17) is 9.16 Å². The van der Waals surface area contributed by atoms with Crippen LogP contribution in [0.25, 0.3) is 0 Å². The lowest BCUT2D eigenvalue weighted by Gasteiger charge is -2.43. The van der Waals surface area contributed by atoms with Gasteiger partial charge < -0.3 is 23.9 Å². The van der Waals surface area contributed by atoms with Gasteiger partial charge in [-0.3, -0.25) is 9.59 Å². The number of hydrogen-bond donors (Lipinski definition) is 0. The molecule has 0 radical (unpaired) electrons. The van der Waals surface area contributed by atoms with Crippen molar-refractivity contribution in [3.8, 4) is 5.75 Å². The third-order valence-electron chi connectivity index (χ3n) is 8.60. The number of piperidine rings is 1. The Morgan fingerprint density at radius 2 is 1.43 bits per heavy atom. The van der Waals surface area contributed by atoms with Gasteiger partial charge in [0.05, 0.1) is 0 Å². The molecule has 2 heterocycles. The van der Waals surface area contributed by atoms with E-state index in [-0.39, 0.29) is 28.9 Å². The fourth-order valence-electron chi connectivity index (χ4n) is 5.19. The van der Waals surface area contributed by atoms with Crippen LogP contribution in [0.15, 0.2) is 54.6 Å². The Morgan fingerprint density at radius 3 is 1.98 bits per heavy atom. The van der Waals surface area contributed by atoms with E-state index in [1.54, 1.807) is 14.7 Å². The predicted octanol–water partition coefficient (Wildman–Crippen LogP) is 6.63. The van der Waals surface area contributed by atoms with Crippen molar-refractivity contribution in [1.82, 2.24) is 9.80 Å². The molecular formula is C33H47N3O5Si. The molecule has 9 heteroatoms.